The summed E-state index contributed by atoms with van der Waals surface area (Å²) in [5.41, 5.74) is 1.42. The molecule has 7 nitrogen and oxygen atoms in total. The van der Waals surface area contributed by atoms with Crippen molar-refractivity contribution in [3.8, 4) is 0 Å². The van der Waals surface area contributed by atoms with Crippen molar-refractivity contribution in [2.75, 3.05) is 20.2 Å². The highest BCUT2D eigenvalue weighted by atomic mass is 19.1. The molecule has 0 radical (unpaired) electrons. The lowest BCUT2D eigenvalue weighted by Crippen LogP contribution is -2.50. The fourth-order valence-electron chi connectivity index (χ4n) is 3.75. The molecule has 1 aromatic carbocycles. The first-order valence-electron chi connectivity index (χ1n) is 9.88. The van der Waals surface area contributed by atoms with Crippen LogP contribution in [-0.2, 0) is 4.74 Å². The van der Waals surface area contributed by atoms with Crippen LogP contribution in [0.4, 0.5) is 14.0 Å². The molecular weight excluding hydrogens is 377 g/mol. The Morgan fingerprint density at radius 2 is 1.97 bits per heavy atom. The molecule has 3 rings (SSSR count). The Hall–Kier alpha value is -2.77. The van der Waals surface area contributed by atoms with Crippen LogP contribution in [0.1, 0.15) is 44.1 Å². The van der Waals surface area contributed by atoms with Gasteiger partial charge in [-0.05, 0) is 43.9 Å². The molecule has 1 fully saturated rings. The standard InChI is InChI=1S/C21H28FN3O4/c1-12(2)18(19-13(3)16-11-14(22)5-6-17(16)29-19)24-20(26)23-15-7-9-25(10-8-15)21(27)28-4/h5-6,11-12,15,18H,7-10H2,1-4H3,(H2,23,24,26)/t18-/m1/s1. The van der Waals surface area contributed by atoms with Crippen LogP contribution in [0.15, 0.2) is 22.6 Å². The number of piperidine rings is 1. The Morgan fingerprint density at radius 1 is 1.28 bits per heavy atom. The number of nitrogens with zero attached hydrogens (tertiary/aromatic N) is 1. The van der Waals surface area contributed by atoms with Gasteiger partial charge in [0, 0.05) is 30.1 Å². The number of ether oxygens (including phenoxy) is 1. The third kappa shape index (κ3) is 4.63. The van der Waals surface area contributed by atoms with Gasteiger partial charge in [0.05, 0.1) is 13.2 Å². The van der Waals surface area contributed by atoms with Crippen LogP contribution >= 0.6 is 0 Å². The average Bonchev–Trinajstić information content (AvgIpc) is 3.01. The number of fused-ring (bicyclic) bond motifs is 1. The Bertz CT molecular complexity index is 887. The second-order valence-electron chi connectivity index (χ2n) is 7.80. The summed E-state index contributed by atoms with van der Waals surface area (Å²) in [5.74, 6) is 0.389. The van der Waals surface area contributed by atoms with Crippen molar-refractivity contribution in [1.82, 2.24) is 15.5 Å². The number of aryl methyl sites for hydroxylation is 1. The number of amides is 3. The first kappa shape index (κ1) is 21.0. The van der Waals surface area contributed by atoms with Crippen molar-refractivity contribution in [2.45, 2.75) is 45.7 Å². The zero-order valence-corrected chi connectivity index (χ0v) is 17.3. The van der Waals surface area contributed by atoms with E-state index >= 15 is 0 Å². The summed E-state index contributed by atoms with van der Waals surface area (Å²) >= 11 is 0. The van der Waals surface area contributed by atoms with Gasteiger partial charge in [-0.1, -0.05) is 13.8 Å². The van der Waals surface area contributed by atoms with E-state index < -0.39 is 0 Å². The number of hydrogen-bond donors (Lipinski definition) is 2. The molecule has 29 heavy (non-hydrogen) atoms. The van der Waals surface area contributed by atoms with Gasteiger partial charge >= 0.3 is 12.1 Å². The van der Waals surface area contributed by atoms with Gasteiger partial charge in [0.15, 0.2) is 0 Å². The van der Waals surface area contributed by atoms with E-state index in [0.29, 0.717) is 42.7 Å². The minimum atomic E-state index is -0.347. The van der Waals surface area contributed by atoms with Gasteiger partial charge in [-0.3, -0.25) is 0 Å². The molecule has 0 aliphatic carbocycles. The van der Waals surface area contributed by atoms with Crippen molar-refractivity contribution >= 4 is 23.1 Å². The van der Waals surface area contributed by atoms with Crippen LogP contribution in [0.2, 0.25) is 0 Å². The Labute approximate surface area is 169 Å². The molecule has 1 saturated heterocycles. The van der Waals surface area contributed by atoms with Crippen LogP contribution < -0.4 is 10.6 Å². The first-order valence-corrected chi connectivity index (χ1v) is 9.88. The van der Waals surface area contributed by atoms with E-state index in [0.717, 1.165) is 5.56 Å². The highest BCUT2D eigenvalue weighted by Crippen LogP contribution is 2.33. The highest BCUT2D eigenvalue weighted by molar-refractivity contribution is 5.82. The van der Waals surface area contributed by atoms with E-state index in [2.05, 4.69) is 10.6 Å². The maximum atomic E-state index is 13.6. The Balaban J connectivity index is 1.66. The summed E-state index contributed by atoms with van der Waals surface area (Å²) in [6.07, 6.45) is 0.986. The summed E-state index contributed by atoms with van der Waals surface area (Å²) in [6.45, 7) is 6.94. The van der Waals surface area contributed by atoms with Crippen LogP contribution in [0, 0.1) is 18.7 Å². The first-order chi connectivity index (χ1) is 13.8. The summed E-state index contributed by atoms with van der Waals surface area (Å²) in [4.78, 5) is 25.8. The van der Waals surface area contributed by atoms with Crippen LogP contribution in [0.3, 0.4) is 0 Å². The van der Waals surface area contributed by atoms with Crippen molar-refractivity contribution in [1.29, 1.82) is 0 Å². The van der Waals surface area contributed by atoms with Crippen LogP contribution in [0.25, 0.3) is 11.0 Å². The molecule has 158 valence electrons. The van der Waals surface area contributed by atoms with Crippen LogP contribution in [-0.4, -0.2) is 43.3 Å². The van der Waals surface area contributed by atoms with E-state index in [1.54, 1.807) is 11.0 Å². The number of methoxy groups -OCH3 is 1. The van der Waals surface area contributed by atoms with E-state index in [1.165, 1.54) is 19.2 Å². The van der Waals surface area contributed by atoms with Crippen molar-refractivity contribution in [3.05, 3.63) is 35.3 Å². The van der Waals surface area contributed by atoms with Crippen molar-refractivity contribution in [2.24, 2.45) is 5.92 Å². The summed E-state index contributed by atoms with van der Waals surface area (Å²) in [5, 5.41) is 6.69. The number of rotatable bonds is 4. The van der Waals surface area contributed by atoms with Gasteiger partial charge in [0.2, 0.25) is 0 Å². The predicted molar refractivity (Wildman–Crippen MR) is 107 cm³/mol. The number of furan rings is 1. The molecule has 8 heteroatoms. The maximum absolute atomic E-state index is 13.6. The molecule has 0 spiro atoms. The summed E-state index contributed by atoms with van der Waals surface area (Å²) in [6, 6.07) is 3.76. The molecule has 2 N–H and O–H groups in total. The predicted octanol–water partition coefficient (Wildman–Crippen LogP) is 4.11. The molecule has 0 saturated carbocycles. The fourth-order valence-corrected chi connectivity index (χ4v) is 3.75. The van der Waals surface area contributed by atoms with E-state index in [4.69, 9.17) is 9.15 Å². The molecular formula is C21H28FN3O4. The third-order valence-electron chi connectivity index (χ3n) is 5.43. The lowest BCUT2D eigenvalue weighted by molar-refractivity contribution is 0.110. The molecule has 1 atom stereocenters. The number of carbonyl (C=O) groups excluding carboxylic acids is 2. The summed E-state index contributed by atoms with van der Waals surface area (Å²) in [7, 11) is 1.36. The van der Waals surface area contributed by atoms with Gasteiger partial charge < -0.3 is 24.7 Å². The van der Waals surface area contributed by atoms with Gasteiger partial charge in [-0.15, -0.1) is 0 Å². The number of carbonyl (C=O) groups is 2. The molecule has 2 heterocycles. The number of likely N-dealkylation sites (tertiary alicyclic amines) is 1. The molecule has 1 aromatic heterocycles. The molecule has 2 aromatic rings. The minimum absolute atomic E-state index is 0.0189. The Kier molecular flexibility index (Phi) is 6.30. The zero-order chi connectivity index (χ0) is 21.1. The number of halogens is 1. The molecule has 1 aliphatic heterocycles. The quantitative estimate of drug-likeness (QED) is 0.802. The smallest absolute Gasteiger partial charge is 0.409 e. The third-order valence-corrected chi connectivity index (χ3v) is 5.43. The molecule has 0 unspecified atom stereocenters. The number of hydrogen-bond acceptors (Lipinski definition) is 4. The van der Waals surface area contributed by atoms with Gasteiger partial charge in [0.1, 0.15) is 17.2 Å². The lowest BCUT2D eigenvalue weighted by Gasteiger charge is -2.32. The number of benzene rings is 1. The minimum Gasteiger partial charge on any atom is -0.459 e. The number of urea groups is 1. The normalized spacial score (nSPS) is 16.1. The highest BCUT2D eigenvalue weighted by Gasteiger charge is 2.28. The zero-order valence-electron chi connectivity index (χ0n) is 17.3. The largest absolute Gasteiger partial charge is 0.459 e. The van der Waals surface area contributed by atoms with Crippen LogP contribution in [0.5, 0.6) is 0 Å². The van der Waals surface area contributed by atoms with Gasteiger partial charge in [-0.25, -0.2) is 14.0 Å². The second-order valence-corrected chi connectivity index (χ2v) is 7.80. The summed E-state index contributed by atoms with van der Waals surface area (Å²) < 4.78 is 24.3. The average molecular weight is 405 g/mol. The SMILES string of the molecule is COC(=O)N1CCC(NC(=O)N[C@@H](c2oc3ccc(F)cc3c2C)C(C)C)CC1. The topological polar surface area (TPSA) is 83.8 Å². The Morgan fingerprint density at radius 3 is 2.59 bits per heavy atom. The van der Waals surface area contributed by atoms with E-state index in [9.17, 15) is 14.0 Å². The van der Waals surface area contributed by atoms with Crippen molar-refractivity contribution < 1.29 is 23.1 Å². The van der Waals surface area contributed by atoms with Gasteiger partial charge in [0.25, 0.3) is 0 Å². The fraction of sp³-hybridized carbons (Fsp3) is 0.524. The lowest BCUT2D eigenvalue weighted by atomic mass is 9.98. The molecule has 3 amide bonds. The van der Waals surface area contributed by atoms with Crippen molar-refractivity contribution in [3.63, 3.8) is 0 Å². The number of nitrogens with one attached hydrogen (secondary N) is 2. The second kappa shape index (κ2) is 8.71. The monoisotopic (exact) mass is 405 g/mol. The van der Waals surface area contributed by atoms with E-state index in [-0.39, 0.29) is 35.9 Å². The van der Waals surface area contributed by atoms with E-state index in [1.807, 2.05) is 20.8 Å². The molecule has 1 aliphatic rings. The van der Waals surface area contributed by atoms with Gasteiger partial charge in [-0.2, -0.15) is 0 Å². The molecule has 0 bridgehead atoms. The maximum Gasteiger partial charge on any atom is 0.409 e.